The average molecular weight is 162 g/mol. The lowest BCUT2D eigenvalue weighted by molar-refractivity contribution is -0.541. The Labute approximate surface area is 63.5 Å². The smallest absolute Gasteiger partial charge is 0.219 e. The van der Waals surface area contributed by atoms with Crippen LogP contribution in [0.5, 0.6) is 0 Å². The largest absolute Gasteiger partial charge is 0.265 e. The molecule has 0 bridgehead atoms. The zero-order chi connectivity index (χ0) is 8.85. The van der Waals surface area contributed by atoms with Crippen molar-refractivity contribution >= 4 is 0 Å². The van der Waals surface area contributed by atoms with Crippen LogP contribution >= 0.6 is 0 Å². The Kier molecular flexibility index (Phi) is 4.09. The maximum absolute atomic E-state index is 10.1. The minimum Gasteiger partial charge on any atom is -0.265 e. The summed E-state index contributed by atoms with van der Waals surface area (Å²) in [4.78, 5) is 18.9. The first-order valence-electron chi connectivity index (χ1n) is 3.33. The summed E-state index contributed by atoms with van der Waals surface area (Å²) in [6.07, 6.45) is 0.372. The Bertz CT molecular complexity index is 159. The molecule has 0 fully saturated rings. The van der Waals surface area contributed by atoms with Crippen molar-refractivity contribution < 1.29 is 9.85 Å². The Morgan fingerprint density at radius 3 is 2.18 bits per heavy atom. The van der Waals surface area contributed by atoms with E-state index in [-0.39, 0.29) is 13.0 Å². The first kappa shape index (κ1) is 9.80. The number of rotatable bonds is 5. The lowest BCUT2D eigenvalue weighted by Crippen LogP contribution is -2.21. The number of nitro groups is 2. The van der Waals surface area contributed by atoms with E-state index in [4.69, 9.17) is 0 Å². The molecule has 0 saturated heterocycles. The molecule has 0 aliphatic carbocycles. The van der Waals surface area contributed by atoms with E-state index < -0.39 is 15.9 Å². The van der Waals surface area contributed by atoms with Crippen molar-refractivity contribution in [1.29, 1.82) is 0 Å². The van der Waals surface area contributed by atoms with Gasteiger partial charge in [0.25, 0.3) is 0 Å². The van der Waals surface area contributed by atoms with Gasteiger partial charge in [-0.2, -0.15) is 0 Å². The van der Waals surface area contributed by atoms with Gasteiger partial charge in [0.2, 0.25) is 12.6 Å². The van der Waals surface area contributed by atoms with E-state index in [1.54, 1.807) is 6.92 Å². The number of nitrogens with zero attached hydrogens (tertiary/aromatic N) is 2. The van der Waals surface area contributed by atoms with Gasteiger partial charge < -0.3 is 0 Å². The van der Waals surface area contributed by atoms with Crippen LogP contribution in [0.2, 0.25) is 0 Å². The predicted molar refractivity (Wildman–Crippen MR) is 37.6 cm³/mol. The third kappa shape index (κ3) is 4.24. The van der Waals surface area contributed by atoms with E-state index in [1.165, 1.54) is 0 Å². The lowest BCUT2D eigenvalue weighted by Gasteiger charge is -2.01. The van der Waals surface area contributed by atoms with Crippen molar-refractivity contribution in [1.82, 2.24) is 0 Å². The van der Waals surface area contributed by atoms with Crippen LogP contribution in [0.4, 0.5) is 0 Å². The highest BCUT2D eigenvalue weighted by atomic mass is 16.6. The second-order valence-corrected chi connectivity index (χ2v) is 2.19. The van der Waals surface area contributed by atoms with Gasteiger partial charge in [0.15, 0.2) is 0 Å². The van der Waals surface area contributed by atoms with Crippen molar-refractivity contribution in [2.75, 3.05) is 6.54 Å². The Hall–Kier alpha value is -1.20. The molecule has 0 aromatic carbocycles. The minimum atomic E-state index is -0.764. The lowest BCUT2D eigenvalue weighted by atomic mass is 10.2. The van der Waals surface area contributed by atoms with Crippen LogP contribution in [0.1, 0.15) is 19.8 Å². The second-order valence-electron chi connectivity index (χ2n) is 2.19. The first-order chi connectivity index (χ1) is 5.07. The third-order valence-electron chi connectivity index (χ3n) is 1.41. The van der Waals surface area contributed by atoms with Crippen LogP contribution in [0.25, 0.3) is 0 Å². The second kappa shape index (κ2) is 4.59. The zero-order valence-corrected chi connectivity index (χ0v) is 6.23. The fourth-order valence-electron chi connectivity index (χ4n) is 0.713. The quantitative estimate of drug-likeness (QED) is 0.440. The first-order valence-corrected chi connectivity index (χ1v) is 3.33. The summed E-state index contributed by atoms with van der Waals surface area (Å²) in [7, 11) is 0. The van der Waals surface area contributed by atoms with E-state index in [9.17, 15) is 20.2 Å². The molecule has 1 unspecified atom stereocenters. The Balaban J connectivity index is 3.70. The topological polar surface area (TPSA) is 86.3 Å². The molecule has 1 atom stereocenters. The van der Waals surface area contributed by atoms with Gasteiger partial charge in [-0.25, -0.2) is 0 Å². The standard InChI is InChI=1S/C5H10N2O4/c1-2-5(7(10)11)3-4-6(8)9/h5H,2-4H2,1H3. The van der Waals surface area contributed by atoms with Crippen LogP contribution in [-0.4, -0.2) is 22.4 Å². The molecule has 0 saturated carbocycles. The summed E-state index contributed by atoms with van der Waals surface area (Å²) in [6, 6.07) is -0.764. The van der Waals surface area contributed by atoms with E-state index in [1.807, 2.05) is 0 Å². The summed E-state index contributed by atoms with van der Waals surface area (Å²) in [6.45, 7) is 1.33. The molecule has 0 rings (SSSR count). The highest BCUT2D eigenvalue weighted by molar-refractivity contribution is 4.51. The molecule has 0 aliphatic heterocycles. The van der Waals surface area contributed by atoms with Gasteiger partial charge in [0.05, 0.1) is 6.42 Å². The molecule has 0 heterocycles. The van der Waals surface area contributed by atoms with Crippen LogP contribution in [0, 0.1) is 20.2 Å². The highest BCUT2D eigenvalue weighted by Gasteiger charge is 2.19. The highest BCUT2D eigenvalue weighted by Crippen LogP contribution is 2.01. The number of hydrogen-bond donors (Lipinski definition) is 0. The molecule has 0 N–H and O–H groups in total. The molecule has 0 aliphatic rings. The molecule has 6 heteroatoms. The molecule has 11 heavy (non-hydrogen) atoms. The normalized spacial score (nSPS) is 12.5. The van der Waals surface area contributed by atoms with Gasteiger partial charge >= 0.3 is 0 Å². The molecule has 0 aromatic heterocycles. The predicted octanol–water partition coefficient (Wildman–Crippen LogP) is 0.708. The van der Waals surface area contributed by atoms with Crippen molar-refractivity contribution in [3.05, 3.63) is 20.2 Å². The molecular formula is C5H10N2O4. The number of hydrogen-bond acceptors (Lipinski definition) is 4. The summed E-state index contributed by atoms with van der Waals surface area (Å²) < 4.78 is 0. The molecular weight excluding hydrogens is 152 g/mol. The molecule has 0 amide bonds. The van der Waals surface area contributed by atoms with Crippen molar-refractivity contribution in [3.8, 4) is 0 Å². The van der Waals surface area contributed by atoms with Gasteiger partial charge in [-0.15, -0.1) is 0 Å². The summed E-state index contributed by atoms with van der Waals surface area (Å²) in [5, 5.41) is 20.0. The molecule has 0 radical (unpaired) electrons. The van der Waals surface area contributed by atoms with Gasteiger partial charge in [-0.1, -0.05) is 6.92 Å². The zero-order valence-electron chi connectivity index (χ0n) is 6.23. The summed E-state index contributed by atoms with van der Waals surface area (Å²) >= 11 is 0. The van der Waals surface area contributed by atoms with Gasteiger partial charge in [0, 0.05) is 16.3 Å². The SMILES string of the molecule is CCC(CC[N+](=O)[O-])[N+](=O)[O-]. The van der Waals surface area contributed by atoms with E-state index in [2.05, 4.69) is 0 Å². The van der Waals surface area contributed by atoms with Crippen molar-refractivity contribution in [2.24, 2.45) is 0 Å². The molecule has 64 valence electrons. The van der Waals surface area contributed by atoms with Gasteiger partial charge in [-0.05, 0) is 0 Å². The van der Waals surface area contributed by atoms with Crippen molar-refractivity contribution in [2.45, 2.75) is 25.8 Å². The van der Waals surface area contributed by atoms with Crippen LogP contribution < -0.4 is 0 Å². The minimum absolute atomic E-state index is 0.0243. The molecule has 0 aromatic rings. The summed E-state index contributed by atoms with van der Waals surface area (Å²) in [5.74, 6) is 0. The van der Waals surface area contributed by atoms with Crippen molar-refractivity contribution in [3.63, 3.8) is 0 Å². The maximum Gasteiger partial charge on any atom is 0.219 e. The Morgan fingerprint density at radius 1 is 1.36 bits per heavy atom. The van der Waals surface area contributed by atoms with E-state index >= 15 is 0 Å². The third-order valence-corrected chi connectivity index (χ3v) is 1.41. The van der Waals surface area contributed by atoms with Gasteiger partial charge in [-0.3, -0.25) is 20.2 Å². The van der Waals surface area contributed by atoms with Crippen LogP contribution in [-0.2, 0) is 0 Å². The van der Waals surface area contributed by atoms with E-state index in [0.717, 1.165) is 0 Å². The van der Waals surface area contributed by atoms with E-state index in [0.29, 0.717) is 6.42 Å². The fraction of sp³-hybridized carbons (Fsp3) is 1.00. The monoisotopic (exact) mass is 162 g/mol. The molecule has 0 spiro atoms. The molecule has 6 nitrogen and oxygen atoms in total. The average Bonchev–Trinajstić information content (AvgIpc) is 1.87. The van der Waals surface area contributed by atoms with Gasteiger partial charge in [0.1, 0.15) is 0 Å². The van der Waals surface area contributed by atoms with Crippen LogP contribution in [0.15, 0.2) is 0 Å². The van der Waals surface area contributed by atoms with Crippen LogP contribution in [0.3, 0.4) is 0 Å². The Morgan fingerprint density at radius 2 is 1.91 bits per heavy atom. The maximum atomic E-state index is 10.1. The summed E-state index contributed by atoms with van der Waals surface area (Å²) in [5.41, 5.74) is 0. The fourth-order valence-corrected chi connectivity index (χ4v) is 0.713.